The van der Waals surface area contributed by atoms with Crippen molar-refractivity contribution in [1.82, 2.24) is 24.8 Å². The summed E-state index contributed by atoms with van der Waals surface area (Å²) in [5, 5.41) is 14.4. The van der Waals surface area contributed by atoms with E-state index < -0.39 is 12.2 Å². The van der Waals surface area contributed by atoms with Crippen molar-refractivity contribution in [2.24, 2.45) is 0 Å². The lowest BCUT2D eigenvalue weighted by atomic mass is 10.3. The molecular formula is C13H10F2N6O3S. The minimum atomic E-state index is -2.90. The Morgan fingerprint density at radius 3 is 2.80 bits per heavy atom. The summed E-state index contributed by atoms with van der Waals surface area (Å²) < 4.78 is 29.7. The lowest BCUT2D eigenvalue weighted by molar-refractivity contribution is -0.113. The molecule has 0 spiro atoms. The number of hydrogen-bond acceptors (Lipinski definition) is 7. The van der Waals surface area contributed by atoms with Crippen LogP contribution in [0.15, 0.2) is 40.4 Å². The Balaban J connectivity index is 1.58. The number of thioether (sulfide) groups is 1. The van der Waals surface area contributed by atoms with Crippen LogP contribution in [0.25, 0.3) is 5.78 Å². The van der Waals surface area contributed by atoms with E-state index in [2.05, 4.69) is 30.3 Å². The quantitative estimate of drug-likeness (QED) is 0.627. The monoisotopic (exact) mass is 368 g/mol. The molecule has 25 heavy (non-hydrogen) atoms. The number of H-pyrrole nitrogens is 1. The van der Waals surface area contributed by atoms with Crippen LogP contribution < -0.4 is 15.6 Å². The maximum Gasteiger partial charge on any atom is 0.387 e. The van der Waals surface area contributed by atoms with E-state index in [0.717, 1.165) is 18.0 Å². The number of carbonyl (C=O) groups is 1. The topological polar surface area (TPSA) is 114 Å². The number of aromatic amines is 1. The van der Waals surface area contributed by atoms with Gasteiger partial charge in [0.1, 0.15) is 11.9 Å². The van der Waals surface area contributed by atoms with Gasteiger partial charge in [-0.15, -0.1) is 10.2 Å². The second-order valence-corrected chi connectivity index (χ2v) is 5.53. The van der Waals surface area contributed by atoms with Gasteiger partial charge in [0, 0.05) is 5.69 Å². The molecule has 0 fully saturated rings. The van der Waals surface area contributed by atoms with Gasteiger partial charge in [0.05, 0.1) is 5.75 Å². The van der Waals surface area contributed by atoms with Crippen LogP contribution in [0.1, 0.15) is 0 Å². The molecule has 2 heterocycles. The molecule has 0 aliphatic heterocycles. The Kier molecular flexibility index (Phi) is 4.88. The Hall–Kier alpha value is -3.02. The highest BCUT2D eigenvalue weighted by Crippen LogP contribution is 2.19. The maximum atomic E-state index is 12.1. The number of alkyl halides is 2. The van der Waals surface area contributed by atoms with E-state index in [4.69, 9.17) is 0 Å². The summed E-state index contributed by atoms with van der Waals surface area (Å²) in [5.74, 6) is -0.159. The number of rotatable bonds is 6. The normalized spacial score (nSPS) is 11.0. The van der Waals surface area contributed by atoms with Gasteiger partial charge in [-0.25, -0.2) is 0 Å². The van der Waals surface area contributed by atoms with E-state index in [1.165, 1.54) is 28.8 Å². The fraction of sp³-hybridized carbons (Fsp3) is 0.154. The molecule has 3 rings (SSSR count). The van der Waals surface area contributed by atoms with Gasteiger partial charge < -0.3 is 10.1 Å². The lowest BCUT2D eigenvalue weighted by Crippen LogP contribution is -2.14. The van der Waals surface area contributed by atoms with Crippen LogP contribution in [0.3, 0.4) is 0 Å². The van der Waals surface area contributed by atoms with Gasteiger partial charge in [0.25, 0.3) is 11.3 Å². The average molecular weight is 368 g/mol. The number of fused-ring (bicyclic) bond motifs is 1. The fourth-order valence-electron chi connectivity index (χ4n) is 1.84. The first-order valence-electron chi connectivity index (χ1n) is 6.79. The van der Waals surface area contributed by atoms with E-state index in [1.807, 2.05) is 0 Å². The van der Waals surface area contributed by atoms with Gasteiger partial charge in [-0.1, -0.05) is 11.8 Å². The average Bonchev–Trinajstić information content (AvgIpc) is 2.96. The van der Waals surface area contributed by atoms with Crippen LogP contribution in [0, 0.1) is 0 Å². The Labute approximate surface area is 142 Å². The van der Waals surface area contributed by atoms with Crippen molar-refractivity contribution in [2.75, 3.05) is 11.1 Å². The zero-order valence-corrected chi connectivity index (χ0v) is 13.2. The van der Waals surface area contributed by atoms with Gasteiger partial charge in [-0.3, -0.25) is 14.6 Å². The molecule has 0 bridgehead atoms. The molecular weight excluding hydrogens is 358 g/mol. The Bertz CT molecular complexity index is 943. The SMILES string of the molecule is O=C(CSc1nnc2[nH]c(=O)cnn12)Nc1ccc(OC(F)F)cc1. The molecule has 0 saturated heterocycles. The summed E-state index contributed by atoms with van der Waals surface area (Å²) in [7, 11) is 0. The third kappa shape index (κ3) is 4.29. The zero-order valence-electron chi connectivity index (χ0n) is 12.3. The molecule has 2 aromatic heterocycles. The Morgan fingerprint density at radius 2 is 2.08 bits per heavy atom. The largest absolute Gasteiger partial charge is 0.435 e. The van der Waals surface area contributed by atoms with Crippen LogP contribution in [0.4, 0.5) is 14.5 Å². The number of anilines is 1. The summed E-state index contributed by atoms with van der Waals surface area (Å²) >= 11 is 1.07. The van der Waals surface area contributed by atoms with Gasteiger partial charge in [-0.05, 0) is 24.3 Å². The number of benzene rings is 1. The van der Waals surface area contributed by atoms with E-state index in [1.54, 1.807) is 0 Å². The van der Waals surface area contributed by atoms with Crippen molar-refractivity contribution >= 4 is 29.1 Å². The smallest absolute Gasteiger partial charge is 0.387 e. The molecule has 0 saturated carbocycles. The van der Waals surface area contributed by atoms with Gasteiger partial charge in [-0.2, -0.15) is 18.4 Å². The molecule has 3 aromatic rings. The third-order valence-corrected chi connectivity index (χ3v) is 3.75. The molecule has 0 unspecified atom stereocenters. The molecule has 0 aliphatic carbocycles. The molecule has 0 radical (unpaired) electrons. The highest BCUT2D eigenvalue weighted by atomic mass is 32.2. The summed E-state index contributed by atoms with van der Waals surface area (Å²) in [5.41, 5.74) is 0.0224. The summed E-state index contributed by atoms with van der Waals surface area (Å²) in [6.07, 6.45) is 1.07. The van der Waals surface area contributed by atoms with Crippen LogP contribution in [-0.2, 0) is 4.79 Å². The predicted octanol–water partition coefficient (Wildman–Crippen LogP) is 1.14. The number of amides is 1. The summed E-state index contributed by atoms with van der Waals surface area (Å²) in [6.45, 7) is -2.90. The van der Waals surface area contributed by atoms with E-state index in [9.17, 15) is 18.4 Å². The lowest BCUT2D eigenvalue weighted by Gasteiger charge is -2.07. The molecule has 12 heteroatoms. The fourth-order valence-corrected chi connectivity index (χ4v) is 2.52. The number of ether oxygens (including phenoxy) is 1. The van der Waals surface area contributed by atoms with Crippen LogP contribution in [0.2, 0.25) is 0 Å². The van der Waals surface area contributed by atoms with Crippen molar-refractivity contribution in [2.45, 2.75) is 11.8 Å². The number of aromatic nitrogens is 5. The first kappa shape index (κ1) is 16.8. The minimum absolute atomic E-state index is 0.00243. The molecule has 9 nitrogen and oxygen atoms in total. The first-order valence-corrected chi connectivity index (χ1v) is 7.78. The predicted molar refractivity (Wildman–Crippen MR) is 83.8 cm³/mol. The van der Waals surface area contributed by atoms with Crippen LogP contribution in [0.5, 0.6) is 5.75 Å². The van der Waals surface area contributed by atoms with Crippen molar-refractivity contribution in [3.8, 4) is 5.75 Å². The second-order valence-electron chi connectivity index (χ2n) is 4.59. The van der Waals surface area contributed by atoms with E-state index in [-0.39, 0.29) is 23.2 Å². The molecule has 0 atom stereocenters. The number of hydrogen-bond donors (Lipinski definition) is 2. The van der Waals surface area contributed by atoms with Gasteiger partial charge in [0.2, 0.25) is 11.1 Å². The zero-order chi connectivity index (χ0) is 17.8. The third-order valence-electron chi connectivity index (χ3n) is 2.83. The second kappa shape index (κ2) is 7.25. The minimum Gasteiger partial charge on any atom is -0.435 e. The Morgan fingerprint density at radius 1 is 1.32 bits per heavy atom. The van der Waals surface area contributed by atoms with Crippen LogP contribution >= 0.6 is 11.8 Å². The highest BCUT2D eigenvalue weighted by molar-refractivity contribution is 7.99. The van der Waals surface area contributed by atoms with Crippen molar-refractivity contribution in [3.05, 3.63) is 40.8 Å². The van der Waals surface area contributed by atoms with Crippen molar-refractivity contribution in [1.29, 1.82) is 0 Å². The number of carbonyl (C=O) groups excluding carboxylic acids is 1. The number of nitrogens with zero attached hydrogens (tertiary/aromatic N) is 4. The molecule has 2 N–H and O–H groups in total. The van der Waals surface area contributed by atoms with Crippen molar-refractivity contribution in [3.63, 3.8) is 0 Å². The van der Waals surface area contributed by atoms with Crippen molar-refractivity contribution < 1.29 is 18.3 Å². The maximum absolute atomic E-state index is 12.1. The standard InChI is InChI=1S/C13H10F2N6O3S/c14-11(15)24-8-3-1-7(2-4-8)17-10(23)6-25-13-20-19-12-18-9(22)5-16-21(12)13/h1-5,11H,6H2,(H,17,23)(H,18,19,22). The molecule has 130 valence electrons. The van der Waals surface area contributed by atoms with Gasteiger partial charge >= 0.3 is 6.61 Å². The number of nitrogens with one attached hydrogen (secondary N) is 2. The molecule has 1 aromatic carbocycles. The van der Waals surface area contributed by atoms with Gasteiger partial charge in [0.15, 0.2) is 0 Å². The number of halogens is 2. The molecule has 1 amide bonds. The van der Waals surface area contributed by atoms with Crippen LogP contribution in [-0.4, -0.2) is 43.1 Å². The molecule has 0 aliphatic rings. The summed E-state index contributed by atoms with van der Waals surface area (Å²) in [4.78, 5) is 25.5. The van der Waals surface area contributed by atoms with E-state index >= 15 is 0 Å². The highest BCUT2D eigenvalue weighted by Gasteiger charge is 2.11. The summed E-state index contributed by atoms with van der Waals surface area (Å²) in [6, 6.07) is 5.53. The van der Waals surface area contributed by atoms with E-state index in [0.29, 0.717) is 10.8 Å². The first-order chi connectivity index (χ1) is 12.0.